The van der Waals surface area contributed by atoms with Gasteiger partial charge in [0, 0.05) is 19.0 Å². The van der Waals surface area contributed by atoms with Gasteiger partial charge in [0.05, 0.1) is 18.1 Å². The smallest absolute Gasteiger partial charge is 0.289 e. The second-order valence-corrected chi connectivity index (χ2v) is 5.50. The van der Waals surface area contributed by atoms with Gasteiger partial charge in [0.1, 0.15) is 6.26 Å². The first-order chi connectivity index (χ1) is 11.3. The van der Waals surface area contributed by atoms with Crippen molar-refractivity contribution in [3.63, 3.8) is 0 Å². The predicted octanol–water partition coefficient (Wildman–Crippen LogP) is 2.94. The number of furan rings is 2. The third-order valence-electron chi connectivity index (χ3n) is 4.07. The van der Waals surface area contributed by atoms with Gasteiger partial charge in [-0.3, -0.25) is 4.79 Å². The van der Waals surface area contributed by atoms with E-state index in [0.29, 0.717) is 30.6 Å². The highest BCUT2D eigenvalue weighted by molar-refractivity contribution is 5.91. The lowest BCUT2D eigenvalue weighted by molar-refractivity contribution is 0.0674. The van der Waals surface area contributed by atoms with Crippen LogP contribution in [-0.2, 0) is 0 Å². The van der Waals surface area contributed by atoms with E-state index in [-0.39, 0.29) is 11.8 Å². The van der Waals surface area contributed by atoms with Gasteiger partial charge in [0.15, 0.2) is 5.76 Å². The Morgan fingerprint density at radius 2 is 2.04 bits per heavy atom. The van der Waals surface area contributed by atoms with Crippen LogP contribution < -0.4 is 0 Å². The maximum absolute atomic E-state index is 12.2. The Hall–Kier alpha value is -2.83. The topological polar surface area (TPSA) is 85.5 Å². The van der Waals surface area contributed by atoms with Gasteiger partial charge < -0.3 is 18.2 Å². The Morgan fingerprint density at radius 3 is 2.74 bits per heavy atom. The summed E-state index contributed by atoms with van der Waals surface area (Å²) >= 11 is 0. The molecule has 7 nitrogen and oxygen atoms in total. The van der Waals surface area contributed by atoms with E-state index in [1.807, 2.05) is 0 Å². The van der Waals surface area contributed by atoms with Gasteiger partial charge in [0.25, 0.3) is 11.8 Å². The van der Waals surface area contributed by atoms with E-state index in [4.69, 9.17) is 13.3 Å². The molecule has 0 atom stereocenters. The summed E-state index contributed by atoms with van der Waals surface area (Å²) in [6.45, 7) is 1.29. The molecule has 3 aromatic rings. The van der Waals surface area contributed by atoms with E-state index in [9.17, 15) is 4.79 Å². The molecule has 118 valence electrons. The fourth-order valence-electron chi connectivity index (χ4n) is 2.79. The number of piperidine rings is 1. The molecule has 4 heterocycles. The number of aromatic nitrogens is 2. The molecule has 0 aromatic carbocycles. The monoisotopic (exact) mass is 313 g/mol. The van der Waals surface area contributed by atoms with E-state index < -0.39 is 0 Å². The van der Waals surface area contributed by atoms with Crippen LogP contribution in [0.3, 0.4) is 0 Å². The van der Waals surface area contributed by atoms with Crippen LogP contribution in [0.25, 0.3) is 11.5 Å². The lowest BCUT2D eigenvalue weighted by Gasteiger charge is -2.29. The summed E-state index contributed by atoms with van der Waals surface area (Å²) < 4.78 is 15.9. The van der Waals surface area contributed by atoms with Crippen LogP contribution in [0.5, 0.6) is 0 Å². The Balaban J connectivity index is 1.41. The van der Waals surface area contributed by atoms with E-state index in [2.05, 4.69) is 10.2 Å². The second-order valence-electron chi connectivity index (χ2n) is 5.50. The number of amides is 1. The van der Waals surface area contributed by atoms with Crippen molar-refractivity contribution in [2.24, 2.45) is 0 Å². The van der Waals surface area contributed by atoms with Crippen molar-refractivity contribution in [3.05, 3.63) is 48.6 Å². The van der Waals surface area contributed by atoms with Gasteiger partial charge >= 0.3 is 0 Å². The summed E-state index contributed by atoms with van der Waals surface area (Å²) in [6, 6.07) is 5.18. The molecule has 1 aliphatic rings. The summed E-state index contributed by atoms with van der Waals surface area (Å²) in [5.41, 5.74) is 0.772. The van der Waals surface area contributed by atoms with Crippen LogP contribution in [-0.4, -0.2) is 34.1 Å². The van der Waals surface area contributed by atoms with Crippen molar-refractivity contribution >= 4 is 5.91 Å². The molecular formula is C16H15N3O4. The SMILES string of the molecule is O=C(c1ccco1)N1CCC(c2nnc(-c3ccoc3)o2)CC1. The standard InChI is InChI=1S/C16H15N3O4/c20-16(13-2-1-8-22-13)19-6-3-11(4-7-19)14-17-18-15(23-14)12-5-9-21-10-12/h1-2,5,8-11H,3-4,6-7H2. The van der Waals surface area contributed by atoms with E-state index >= 15 is 0 Å². The molecule has 1 fully saturated rings. The molecule has 3 aromatic heterocycles. The van der Waals surface area contributed by atoms with Gasteiger partial charge in [-0.05, 0) is 31.0 Å². The molecule has 0 spiro atoms. The van der Waals surface area contributed by atoms with E-state index in [1.165, 1.54) is 6.26 Å². The third kappa shape index (κ3) is 2.65. The second kappa shape index (κ2) is 5.75. The molecule has 0 bridgehead atoms. The Labute approximate surface area is 131 Å². The quantitative estimate of drug-likeness (QED) is 0.739. The number of likely N-dealkylation sites (tertiary alicyclic amines) is 1. The normalized spacial score (nSPS) is 15.9. The van der Waals surface area contributed by atoms with Crippen LogP contribution in [0.4, 0.5) is 0 Å². The molecule has 0 radical (unpaired) electrons. The molecule has 4 rings (SSSR count). The van der Waals surface area contributed by atoms with Crippen LogP contribution in [0, 0.1) is 0 Å². The molecule has 0 saturated carbocycles. The first-order valence-electron chi connectivity index (χ1n) is 7.50. The zero-order chi connectivity index (χ0) is 15.6. The zero-order valence-electron chi connectivity index (χ0n) is 12.3. The van der Waals surface area contributed by atoms with Crippen molar-refractivity contribution in [2.75, 3.05) is 13.1 Å². The van der Waals surface area contributed by atoms with Crippen molar-refractivity contribution < 1.29 is 18.0 Å². The minimum atomic E-state index is -0.0712. The fourth-order valence-corrected chi connectivity index (χ4v) is 2.79. The Bertz CT molecular complexity index is 768. The maximum Gasteiger partial charge on any atom is 0.289 e. The third-order valence-corrected chi connectivity index (χ3v) is 4.07. The summed E-state index contributed by atoms with van der Waals surface area (Å²) in [4.78, 5) is 14.0. The highest BCUT2D eigenvalue weighted by Gasteiger charge is 2.28. The highest BCUT2D eigenvalue weighted by atomic mass is 16.4. The van der Waals surface area contributed by atoms with Crippen molar-refractivity contribution in [3.8, 4) is 11.5 Å². The number of carbonyl (C=O) groups is 1. The molecule has 1 amide bonds. The Kier molecular flexibility index (Phi) is 3.45. The van der Waals surface area contributed by atoms with Gasteiger partial charge in [-0.15, -0.1) is 10.2 Å². The van der Waals surface area contributed by atoms with Crippen molar-refractivity contribution in [1.82, 2.24) is 15.1 Å². The fraction of sp³-hybridized carbons (Fsp3) is 0.312. The van der Waals surface area contributed by atoms with Gasteiger partial charge in [-0.2, -0.15) is 0 Å². The maximum atomic E-state index is 12.2. The molecule has 23 heavy (non-hydrogen) atoms. The lowest BCUT2D eigenvalue weighted by atomic mass is 9.96. The molecule has 0 N–H and O–H groups in total. The minimum Gasteiger partial charge on any atom is -0.472 e. The number of nitrogens with zero attached hydrogens (tertiary/aromatic N) is 3. The minimum absolute atomic E-state index is 0.0712. The van der Waals surface area contributed by atoms with Crippen molar-refractivity contribution in [2.45, 2.75) is 18.8 Å². The van der Waals surface area contributed by atoms with Crippen LogP contribution in [0.15, 0.2) is 50.2 Å². The van der Waals surface area contributed by atoms with E-state index in [0.717, 1.165) is 18.4 Å². The van der Waals surface area contributed by atoms with Gasteiger partial charge in [-0.1, -0.05) is 0 Å². The first kappa shape index (κ1) is 13.8. The first-order valence-corrected chi connectivity index (χ1v) is 7.50. The highest BCUT2D eigenvalue weighted by Crippen LogP contribution is 2.30. The molecular weight excluding hydrogens is 298 g/mol. The van der Waals surface area contributed by atoms with Crippen LogP contribution in [0.1, 0.15) is 35.2 Å². The summed E-state index contributed by atoms with van der Waals surface area (Å²) in [5, 5.41) is 8.19. The van der Waals surface area contributed by atoms with Crippen molar-refractivity contribution in [1.29, 1.82) is 0 Å². The number of hydrogen-bond donors (Lipinski definition) is 0. The number of rotatable bonds is 3. The largest absolute Gasteiger partial charge is 0.472 e. The number of hydrogen-bond acceptors (Lipinski definition) is 6. The summed E-state index contributed by atoms with van der Waals surface area (Å²) in [6.07, 6.45) is 6.23. The average molecular weight is 313 g/mol. The van der Waals surface area contributed by atoms with E-state index in [1.54, 1.807) is 35.6 Å². The number of carbonyl (C=O) groups excluding carboxylic acids is 1. The Morgan fingerprint density at radius 1 is 1.17 bits per heavy atom. The zero-order valence-corrected chi connectivity index (χ0v) is 12.3. The lowest BCUT2D eigenvalue weighted by Crippen LogP contribution is -2.37. The molecule has 1 aliphatic heterocycles. The van der Waals surface area contributed by atoms with Crippen LogP contribution >= 0.6 is 0 Å². The summed E-state index contributed by atoms with van der Waals surface area (Å²) in [7, 11) is 0. The average Bonchev–Trinajstić information content (AvgIpc) is 3.36. The van der Waals surface area contributed by atoms with Gasteiger partial charge in [-0.25, -0.2) is 0 Å². The predicted molar refractivity (Wildman–Crippen MR) is 78.6 cm³/mol. The molecule has 0 unspecified atom stereocenters. The van der Waals surface area contributed by atoms with Gasteiger partial charge in [0.2, 0.25) is 5.89 Å². The summed E-state index contributed by atoms with van der Waals surface area (Å²) in [5.74, 6) is 1.56. The van der Waals surface area contributed by atoms with Crippen LogP contribution in [0.2, 0.25) is 0 Å². The molecule has 1 saturated heterocycles. The molecule has 7 heteroatoms. The molecule has 0 aliphatic carbocycles.